The number of rotatable bonds is 10. The van der Waals surface area contributed by atoms with Crippen LogP contribution < -0.4 is 14.4 Å². The number of carbonyl (C=O) groups excluding carboxylic acids is 2. The fraction of sp³-hybridized carbons (Fsp3) is 0.118. The first kappa shape index (κ1) is 29.2. The summed E-state index contributed by atoms with van der Waals surface area (Å²) in [6.45, 7) is 0.342. The second-order valence-corrected chi connectivity index (χ2v) is 12.0. The monoisotopic (exact) mass is 621 g/mol. The molecule has 44 heavy (non-hydrogen) atoms. The lowest BCUT2D eigenvalue weighted by Gasteiger charge is -2.23. The summed E-state index contributed by atoms with van der Waals surface area (Å²) in [5.41, 5.74) is 3.04. The van der Waals surface area contributed by atoms with E-state index in [9.17, 15) is 14.7 Å². The van der Waals surface area contributed by atoms with Gasteiger partial charge in [-0.2, -0.15) is 0 Å². The van der Waals surface area contributed by atoms with Crippen LogP contribution in [-0.2, 0) is 21.9 Å². The van der Waals surface area contributed by atoms with Gasteiger partial charge in [0.25, 0.3) is 5.78 Å². The molecular formula is C34H27N3O5S2. The Bertz CT molecular complexity index is 1810. The molecular weight excluding hydrogens is 595 g/mol. The van der Waals surface area contributed by atoms with E-state index >= 15 is 0 Å². The topological polar surface area (TPSA) is 102 Å². The van der Waals surface area contributed by atoms with Gasteiger partial charge in [0.15, 0.2) is 4.34 Å². The van der Waals surface area contributed by atoms with Crippen LogP contribution in [0.1, 0.15) is 28.3 Å². The number of ketones is 1. The molecule has 0 aliphatic carbocycles. The highest BCUT2D eigenvalue weighted by molar-refractivity contribution is 8.00. The van der Waals surface area contributed by atoms with E-state index < -0.39 is 17.7 Å². The van der Waals surface area contributed by atoms with Crippen LogP contribution in [0.3, 0.4) is 0 Å². The van der Waals surface area contributed by atoms with Gasteiger partial charge in [0.2, 0.25) is 5.13 Å². The Morgan fingerprint density at radius 2 is 1.57 bits per heavy atom. The third-order valence-electron chi connectivity index (χ3n) is 7.04. The summed E-state index contributed by atoms with van der Waals surface area (Å²) in [5, 5.41) is 20.3. The van der Waals surface area contributed by atoms with E-state index in [0.717, 1.165) is 11.1 Å². The molecule has 1 aliphatic heterocycles. The van der Waals surface area contributed by atoms with Crippen molar-refractivity contribution >= 4 is 45.7 Å². The lowest BCUT2D eigenvalue weighted by Crippen LogP contribution is -2.29. The second-order valence-electron chi connectivity index (χ2n) is 9.87. The first-order valence-corrected chi connectivity index (χ1v) is 15.5. The molecule has 10 heteroatoms. The normalized spacial score (nSPS) is 15.8. The van der Waals surface area contributed by atoms with E-state index in [2.05, 4.69) is 10.2 Å². The summed E-state index contributed by atoms with van der Waals surface area (Å²) in [7, 11) is 1.54. The van der Waals surface area contributed by atoms with Gasteiger partial charge in [-0.3, -0.25) is 14.5 Å². The Labute approximate surface area is 262 Å². The second kappa shape index (κ2) is 13.2. The molecule has 220 valence electrons. The van der Waals surface area contributed by atoms with Crippen molar-refractivity contribution < 1.29 is 24.2 Å². The Balaban J connectivity index is 1.37. The van der Waals surface area contributed by atoms with Crippen LogP contribution in [0.25, 0.3) is 5.76 Å². The Morgan fingerprint density at radius 1 is 0.864 bits per heavy atom. The van der Waals surface area contributed by atoms with Gasteiger partial charge >= 0.3 is 5.91 Å². The van der Waals surface area contributed by atoms with Crippen LogP contribution >= 0.6 is 23.1 Å². The molecule has 1 aliphatic rings. The minimum atomic E-state index is -0.961. The first-order chi connectivity index (χ1) is 21.5. The standard InChI is InChI=1S/C34H27N3O5S2/c1-41-26-17-15-24(16-18-26)30(38)28-29(25-13-8-14-27(19-25)42-20-22-9-4-2-5-10-22)37(32(40)31(28)39)33-35-36-34(44-33)43-21-23-11-6-3-7-12-23/h2-19,29,38H,20-21H2,1H3. The predicted molar refractivity (Wildman–Crippen MR) is 171 cm³/mol. The average Bonchev–Trinajstić information content (AvgIpc) is 3.65. The van der Waals surface area contributed by atoms with Gasteiger partial charge in [-0.1, -0.05) is 95.9 Å². The van der Waals surface area contributed by atoms with E-state index in [1.54, 1.807) is 49.6 Å². The van der Waals surface area contributed by atoms with E-state index in [1.807, 2.05) is 66.7 Å². The minimum absolute atomic E-state index is 0.0472. The molecule has 1 amide bonds. The zero-order chi connectivity index (χ0) is 30.5. The first-order valence-electron chi connectivity index (χ1n) is 13.7. The van der Waals surface area contributed by atoms with Crippen molar-refractivity contribution in [3.8, 4) is 11.5 Å². The number of aliphatic hydroxyl groups excluding tert-OH is 1. The number of ether oxygens (including phenoxy) is 2. The number of hydrogen-bond acceptors (Lipinski definition) is 9. The number of amides is 1. The zero-order valence-corrected chi connectivity index (χ0v) is 25.3. The maximum absolute atomic E-state index is 13.6. The van der Waals surface area contributed by atoms with Gasteiger partial charge in [-0.15, -0.1) is 10.2 Å². The van der Waals surface area contributed by atoms with E-state index in [-0.39, 0.29) is 16.5 Å². The maximum Gasteiger partial charge on any atom is 0.301 e. The maximum atomic E-state index is 13.6. The number of aliphatic hydroxyl groups is 1. The number of anilines is 1. The third-order valence-corrected chi connectivity index (χ3v) is 9.16. The van der Waals surface area contributed by atoms with Crippen LogP contribution in [0.4, 0.5) is 5.13 Å². The largest absolute Gasteiger partial charge is 0.507 e. The molecule has 0 radical (unpaired) electrons. The Kier molecular flexibility index (Phi) is 8.71. The molecule has 1 saturated heterocycles. The molecule has 6 rings (SSSR count). The fourth-order valence-corrected chi connectivity index (χ4v) is 6.67. The van der Waals surface area contributed by atoms with Gasteiger partial charge in [-0.25, -0.2) is 0 Å². The van der Waals surface area contributed by atoms with Gasteiger partial charge in [0.1, 0.15) is 23.9 Å². The van der Waals surface area contributed by atoms with Crippen molar-refractivity contribution in [3.05, 3.63) is 137 Å². The molecule has 1 atom stereocenters. The van der Waals surface area contributed by atoms with Crippen LogP contribution in [0.2, 0.25) is 0 Å². The summed E-state index contributed by atoms with van der Waals surface area (Å²) >= 11 is 2.72. The third kappa shape index (κ3) is 6.22. The summed E-state index contributed by atoms with van der Waals surface area (Å²) in [4.78, 5) is 28.6. The van der Waals surface area contributed by atoms with Gasteiger partial charge in [0, 0.05) is 11.3 Å². The number of thioether (sulfide) groups is 1. The molecule has 0 saturated carbocycles. The number of Topliss-reactive ketones (excluding diaryl/α,β-unsaturated/α-hetero) is 1. The Hall–Kier alpha value is -4.93. The lowest BCUT2D eigenvalue weighted by molar-refractivity contribution is -0.132. The molecule has 0 spiro atoms. The van der Waals surface area contributed by atoms with Crippen molar-refractivity contribution in [2.75, 3.05) is 12.0 Å². The molecule has 1 N–H and O–H groups in total. The molecule has 1 fully saturated rings. The number of nitrogens with zero attached hydrogens (tertiary/aromatic N) is 3. The van der Waals surface area contributed by atoms with Crippen molar-refractivity contribution in [1.29, 1.82) is 0 Å². The molecule has 8 nitrogen and oxygen atoms in total. The van der Waals surface area contributed by atoms with Gasteiger partial charge in [0.05, 0.1) is 18.7 Å². The van der Waals surface area contributed by atoms with Crippen LogP contribution in [0.5, 0.6) is 11.5 Å². The number of hydrogen-bond donors (Lipinski definition) is 1. The molecule has 5 aromatic rings. The van der Waals surface area contributed by atoms with Crippen molar-refractivity contribution in [2.24, 2.45) is 0 Å². The van der Waals surface area contributed by atoms with Crippen molar-refractivity contribution in [1.82, 2.24) is 10.2 Å². The lowest BCUT2D eigenvalue weighted by atomic mass is 9.95. The number of methoxy groups -OCH3 is 1. The fourth-order valence-electron chi connectivity index (χ4n) is 4.84. The van der Waals surface area contributed by atoms with Crippen LogP contribution in [-0.4, -0.2) is 34.1 Å². The number of aromatic nitrogens is 2. The van der Waals surface area contributed by atoms with Gasteiger partial charge in [-0.05, 0) is 53.1 Å². The molecule has 1 aromatic heterocycles. The highest BCUT2D eigenvalue weighted by Crippen LogP contribution is 2.44. The van der Waals surface area contributed by atoms with Crippen LogP contribution in [0, 0.1) is 0 Å². The summed E-state index contributed by atoms with van der Waals surface area (Å²) < 4.78 is 12.0. The highest BCUT2D eigenvalue weighted by atomic mass is 32.2. The number of benzene rings is 4. The summed E-state index contributed by atoms with van der Waals surface area (Å²) in [6, 6.07) is 32.6. The van der Waals surface area contributed by atoms with E-state index in [1.165, 1.54) is 28.0 Å². The molecule has 2 heterocycles. The quantitative estimate of drug-likeness (QED) is 0.0582. The zero-order valence-electron chi connectivity index (χ0n) is 23.6. The SMILES string of the molecule is COc1ccc(C(O)=C2C(=O)C(=O)N(c3nnc(SCc4ccccc4)s3)C2c2cccc(OCc3ccccc3)c2)cc1. The predicted octanol–water partition coefficient (Wildman–Crippen LogP) is 7.04. The van der Waals surface area contributed by atoms with E-state index in [0.29, 0.717) is 39.3 Å². The minimum Gasteiger partial charge on any atom is -0.507 e. The van der Waals surface area contributed by atoms with Crippen molar-refractivity contribution in [2.45, 2.75) is 22.7 Å². The van der Waals surface area contributed by atoms with Crippen LogP contribution in [0.15, 0.2) is 119 Å². The summed E-state index contributed by atoms with van der Waals surface area (Å²) in [6.07, 6.45) is 0. The molecule has 1 unspecified atom stereocenters. The Morgan fingerprint density at radius 3 is 2.27 bits per heavy atom. The van der Waals surface area contributed by atoms with Gasteiger partial charge < -0.3 is 14.6 Å². The molecule has 0 bridgehead atoms. The smallest absolute Gasteiger partial charge is 0.301 e. The molecule has 4 aromatic carbocycles. The summed E-state index contributed by atoms with van der Waals surface area (Å²) in [5.74, 6) is -0.0778. The van der Waals surface area contributed by atoms with Crippen molar-refractivity contribution in [3.63, 3.8) is 0 Å². The highest BCUT2D eigenvalue weighted by Gasteiger charge is 2.48. The number of carbonyl (C=O) groups is 2. The average molecular weight is 622 g/mol. The van der Waals surface area contributed by atoms with E-state index in [4.69, 9.17) is 9.47 Å².